The van der Waals surface area contributed by atoms with Gasteiger partial charge in [-0.05, 0) is 30.4 Å². The molecule has 13 heavy (non-hydrogen) atoms. The Morgan fingerprint density at radius 3 is 3.00 bits per heavy atom. The molecule has 0 saturated carbocycles. The second-order valence-corrected chi connectivity index (χ2v) is 2.93. The summed E-state index contributed by atoms with van der Waals surface area (Å²) in [6, 6.07) is 7.55. The smallest absolute Gasteiger partial charge is 0.0751 e. The van der Waals surface area contributed by atoms with Gasteiger partial charge in [0.1, 0.15) is 0 Å². The van der Waals surface area contributed by atoms with Crippen LogP contribution in [0.2, 0.25) is 0 Å². The molecule has 0 aromatic heterocycles. The van der Waals surface area contributed by atoms with E-state index < -0.39 is 0 Å². The van der Waals surface area contributed by atoms with Crippen LogP contribution in [0, 0.1) is 11.8 Å². The number of isothiocyanates is 1. The fourth-order valence-corrected chi connectivity index (χ4v) is 1.09. The van der Waals surface area contributed by atoms with Crippen LogP contribution >= 0.6 is 28.1 Å². The Morgan fingerprint density at radius 2 is 2.31 bits per heavy atom. The minimum Gasteiger partial charge on any atom is -0.195 e. The molecule has 0 saturated heterocycles. The lowest BCUT2D eigenvalue weighted by atomic mass is 10.2. The van der Waals surface area contributed by atoms with Gasteiger partial charge in [-0.2, -0.15) is 4.99 Å². The molecule has 0 amide bonds. The molecular weight excluding hydrogens is 246 g/mol. The van der Waals surface area contributed by atoms with Gasteiger partial charge in [-0.15, -0.1) is 0 Å². The van der Waals surface area contributed by atoms with Gasteiger partial charge in [0.15, 0.2) is 0 Å². The predicted molar refractivity (Wildman–Crippen MR) is 61.8 cm³/mol. The summed E-state index contributed by atoms with van der Waals surface area (Å²) in [5.74, 6) is 5.89. The third-order valence-electron chi connectivity index (χ3n) is 1.32. The van der Waals surface area contributed by atoms with Crippen molar-refractivity contribution in [3.05, 3.63) is 29.8 Å². The molecule has 3 heteroatoms. The van der Waals surface area contributed by atoms with Crippen molar-refractivity contribution < 1.29 is 0 Å². The van der Waals surface area contributed by atoms with Crippen LogP contribution in [-0.4, -0.2) is 10.5 Å². The van der Waals surface area contributed by atoms with Crippen molar-refractivity contribution in [2.75, 3.05) is 5.33 Å². The molecule has 0 atom stereocenters. The van der Waals surface area contributed by atoms with Gasteiger partial charge in [0, 0.05) is 5.56 Å². The van der Waals surface area contributed by atoms with Gasteiger partial charge < -0.3 is 0 Å². The van der Waals surface area contributed by atoms with Crippen molar-refractivity contribution in [1.29, 1.82) is 0 Å². The molecule has 0 fully saturated rings. The Balaban J connectivity index is 2.98. The topological polar surface area (TPSA) is 12.4 Å². The van der Waals surface area contributed by atoms with E-state index in [0.29, 0.717) is 5.33 Å². The second kappa shape index (κ2) is 5.66. The van der Waals surface area contributed by atoms with Crippen LogP contribution in [0.15, 0.2) is 29.3 Å². The maximum atomic E-state index is 4.50. The highest BCUT2D eigenvalue weighted by molar-refractivity contribution is 9.09. The number of halogens is 1. The summed E-state index contributed by atoms with van der Waals surface area (Å²) in [5, 5.41) is 2.99. The summed E-state index contributed by atoms with van der Waals surface area (Å²) in [5.41, 5.74) is 1.72. The minimum absolute atomic E-state index is 0.674. The van der Waals surface area contributed by atoms with Crippen molar-refractivity contribution in [2.45, 2.75) is 0 Å². The number of rotatable bonds is 1. The summed E-state index contributed by atoms with van der Waals surface area (Å²) < 4.78 is 0. The van der Waals surface area contributed by atoms with Crippen LogP contribution in [0.3, 0.4) is 0 Å². The predicted octanol–water partition coefficient (Wildman–Crippen LogP) is 3.17. The lowest BCUT2D eigenvalue weighted by Crippen LogP contribution is -1.72. The molecule has 1 nitrogen and oxygen atoms in total. The van der Waals surface area contributed by atoms with E-state index in [-0.39, 0.29) is 0 Å². The van der Waals surface area contributed by atoms with Crippen LogP contribution in [-0.2, 0) is 0 Å². The molecule has 1 aromatic rings. The van der Waals surface area contributed by atoms with Crippen molar-refractivity contribution >= 4 is 39.0 Å². The second-order valence-electron chi connectivity index (χ2n) is 2.19. The number of alkyl halides is 1. The fraction of sp³-hybridized carbons (Fsp3) is 0.100. The number of thiocarbonyl (C=S) groups is 1. The van der Waals surface area contributed by atoms with E-state index in [9.17, 15) is 0 Å². The number of nitrogens with zero attached hydrogens (tertiary/aromatic N) is 1. The lowest BCUT2D eigenvalue weighted by molar-refractivity contribution is 1.53. The van der Waals surface area contributed by atoms with E-state index >= 15 is 0 Å². The van der Waals surface area contributed by atoms with Crippen LogP contribution in [0.5, 0.6) is 0 Å². The van der Waals surface area contributed by atoms with Gasteiger partial charge in [0.05, 0.1) is 16.2 Å². The highest BCUT2D eigenvalue weighted by atomic mass is 79.9. The minimum atomic E-state index is 0.674. The first kappa shape index (κ1) is 10.1. The van der Waals surface area contributed by atoms with E-state index in [4.69, 9.17) is 0 Å². The zero-order chi connectivity index (χ0) is 9.52. The summed E-state index contributed by atoms with van der Waals surface area (Å²) in [4.78, 5) is 3.86. The lowest BCUT2D eigenvalue weighted by Gasteiger charge is -1.91. The summed E-state index contributed by atoms with van der Waals surface area (Å²) in [7, 11) is 0. The summed E-state index contributed by atoms with van der Waals surface area (Å²) in [6.07, 6.45) is 0. The molecule has 0 radical (unpaired) electrons. The molecule has 0 heterocycles. The van der Waals surface area contributed by atoms with Gasteiger partial charge in [-0.1, -0.05) is 33.8 Å². The van der Waals surface area contributed by atoms with Crippen LogP contribution < -0.4 is 0 Å². The maximum absolute atomic E-state index is 4.50. The van der Waals surface area contributed by atoms with Crippen molar-refractivity contribution in [3.63, 3.8) is 0 Å². The quantitative estimate of drug-likeness (QED) is 0.323. The van der Waals surface area contributed by atoms with Gasteiger partial charge in [0.25, 0.3) is 0 Å². The van der Waals surface area contributed by atoms with Crippen LogP contribution in [0.4, 0.5) is 5.69 Å². The van der Waals surface area contributed by atoms with E-state index in [1.165, 1.54) is 0 Å². The Morgan fingerprint density at radius 1 is 1.46 bits per heavy atom. The van der Waals surface area contributed by atoms with Crippen LogP contribution in [0.1, 0.15) is 5.56 Å². The molecule has 1 aromatic carbocycles. The van der Waals surface area contributed by atoms with E-state index in [1.54, 1.807) is 0 Å². The molecule has 0 aliphatic heterocycles. The zero-order valence-corrected chi connectivity index (χ0v) is 9.15. The maximum Gasteiger partial charge on any atom is 0.0751 e. The normalized spacial score (nSPS) is 8.08. The molecule has 1 rings (SSSR count). The Labute approximate surface area is 91.0 Å². The van der Waals surface area contributed by atoms with E-state index in [0.717, 1.165) is 11.3 Å². The van der Waals surface area contributed by atoms with Crippen molar-refractivity contribution in [3.8, 4) is 11.8 Å². The summed E-state index contributed by atoms with van der Waals surface area (Å²) in [6.45, 7) is 0. The Bertz CT molecular complexity index is 397. The molecule has 0 spiro atoms. The van der Waals surface area contributed by atoms with E-state index in [2.05, 4.69) is 50.1 Å². The van der Waals surface area contributed by atoms with Gasteiger partial charge in [-0.25, -0.2) is 0 Å². The standard InChI is InChI=1S/C10H6BrNS/c11-6-2-4-9-3-1-5-10(7-9)12-8-13/h1,3,5,7H,6H2. The number of hydrogen-bond acceptors (Lipinski definition) is 2. The molecular formula is C10H6BrNS. The number of benzene rings is 1. The first-order valence-electron chi connectivity index (χ1n) is 3.59. The van der Waals surface area contributed by atoms with E-state index in [1.807, 2.05) is 24.3 Å². The Kier molecular flexibility index (Phi) is 4.42. The summed E-state index contributed by atoms with van der Waals surface area (Å²) >= 11 is 7.73. The average Bonchev–Trinajstić information content (AvgIpc) is 2.16. The number of hydrogen-bond donors (Lipinski definition) is 0. The van der Waals surface area contributed by atoms with Gasteiger partial charge in [0.2, 0.25) is 0 Å². The molecule has 0 N–H and O–H groups in total. The van der Waals surface area contributed by atoms with Gasteiger partial charge >= 0.3 is 0 Å². The van der Waals surface area contributed by atoms with Gasteiger partial charge in [-0.3, -0.25) is 0 Å². The largest absolute Gasteiger partial charge is 0.195 e. The molecule has 0 aliphatic carbocycles. The highest BCUT2D eigenvalue weighted by Gasteiger charge is 1.89. The molecule has 64 valence electrons. The first-order chi connectivity index (χ1) is 6.36. The number of aliphatic imine (C=N–C) groups is 1. The SMILES string of the molecule is S=C=Nc1cccc(C#CCBr)c1. The van der Waals surface area contributed by atoms with Crippen LogP contribution in [0.25, 0.3) is 0 Å². The van der Waals surface area contributed by atoms with Crippen molar-refractivity contribution in [2.24, 2.45) is 4.99 Å². The molecule has 0 aliphatic rings. The Hall–Kier alpha value is -0.940. The highest BCUT2D eigenvalue weighted by Crippen LogP contribution is 2.12. The molecule has 0 unspecified atom stereocenters. The third-order valence-corrected chi connectivity index (χ3v) is 1.69. The third kappa shape index (κ3) is 3.52. The zero-order valence-electron chi connectivity index (χ0n) is 6.75. The monoisotopic (exact) mass is 251 g/mol. The fourth-order valence-electron chi connectivity index (χ4n) is 0.841. The van der Waals surface area contributed by atoms with Crippen molar-refractivity contribution in [1.82, 2.24) is 0 Å². The average molecular weight is 252 g/mol. The molecule has 0 bridgehead atoms. The first-order valence-corrected chi connectivity index (χ1v) is 5.12.